The van der Waals surface area contributed by atoms with Crippen LogP contribution in [0.3, 0.4) is 0 Å². The molecule has 2 N–H and O–H groups in total. The van der Waals surface area contributed by atoms with Gasteiger partial charge in [-0.2, -0.15) is 0 Å². The van der Waals surface area contributed by atoms with E-state index in [1.165, 1.54) is 19.2 Å². The van der Waals surface area contributed by atoms with Crippen LogP contribution in [0.5, 0.6) is 0 Å². The SMILES string of the molecule is CC(=O)NCc1cnc(C2CCN(Cc3ccc(F)cn3)C2)[nH]1. The van der Waals surface area contributed by atoms with Gasteiger partial charge in [-0.25, -0.2) is 9.37 Å². The second-order valence-corrected chi connectivity index (χ2v) is 5.89. The minimum Gasteiger partial charge on any atom is -0.351 e. The van der Waals surface area contributed by atoms with Crippen LogP contribution in [-0.2, 0) is 17.9 Å². The first-order valence-corrected chi connectivity index (χ1v) is 7.71. The van der Waals surface area contributed by atoms with Crippen molar-refractivity contribution in [3.63, 3.8) is 0 Å². The van der Waals surface area contributed by atoms with Crippen molar-refractivity contribution < 1.29 is 9.18 Å². The number of aromatic amines is 1. The largest absolute Gasteiger partial charge is 0.351 e. The molecule has 0 spiro atoms. The number of hydrogen-bond acceptors (Lipinski definition) is 4. The van der Waals surface area contributed by atoms with E-state index in [0.717, 1.165) is 43.3 Å². The molecule has 2 aromatic rings. The lowest BCUT2D eigenvalue weighted by Gasteiger charge is -2.14. The van der Waals surface area contributed by atoms with E-state index in [1.54, 1.807) is 12.3 Å². The van der Waals surface area contributed by atoms with Crippen molar-refractivity contribution in [2.24, 2.45) is 0 Å². The predicted molar refractivity (Wildman–Crippen MR) is 82.9 cm³/mol. The van der Waals surface area contributed by atoms with Gasteiger partial charge in [-0.05, 0) is 25.1 Å². The number of nitrogens with one attached hydrogen (secondary N) is 2. The second kappa shape index (κ2) is 6.87. The molecule has 1 aliphatic heterocycles. The topological polar surface area (TPSA) is 73.9 Å². The third-order valence-corrected chi connectivity index (χ3v) is 4.01. The average molecular weight is 317 g/mol. The summed E-state index contributed by atoms with van der Waals surface area (Å²) in [7, 11) is 0. The zero-order valence-electron chi connectivity index (χ0n) is 13.1. The summed E-state index contributed by atoms with van der Waals surface area (Å²) < 4.78 is 12.9. The Morgan fingerprint density at radius 1 is 1.43 bits per heavy atom. The van der Waals surface area contributed by atoms with E-state index in [9.17, 15) is 9.18 Å². The molecule has 3 rings (SSSR count). The molecule has 1 aliphatic rings. The van der Waals surface area contributed by atoms with Crippen LogP contribution in [0, 0.1) is 5.82 Å². The zero-order chi connectivity index (χ0) is 16.2. The van der Waals surface area contributed by atoms with Crippen LogP contribution in [0.4, 0.5) is 4.39 Å². The second-order valence-electron chi connectivity index (χ2n) is 5.89. The van der Waals surface area contributed by atoms with Gasteiger partial charge in [-0.15, -0.1) is 0 Å². The van der Waals surface area contributed by atoms with E-state index in [0.29, 0.717) is 12.5 Å². The molecule has 0 aromatic carbocycles. The van der Waals surface area contributed by atoms with E-state index in [4.69, 9.17) is 0 Å². The Hall–Kier alpha value is -2.28. The number of H-pyrrole nitrogens is 1. The first-order valence-electron chi connectivity index (χ1n) is 7.71. The molecular formula is C16H20FN5O. The van der Waals surface area contributed by atoms with Gasteiger partial charge in [0, 0.05) is 25.9 Å². The van der Waals surface area contributed by atoms with Crippen molar-refractivity contribution in [2.45, 2.75) is 32.4 Å². The monoisotopic (exact) mass is 317 g/mol. The van der Waals surface area contributed by atoms with E-state index in [2.05, 4.69) is 25.2 Å². The van der Waals surface area contributed by atoms with Crippen molar-refractivity contribution in [3.05, 3.63) is 47.6 Å². The molecule has 6 nitrogen and oxygen atoms in total. The molecule has 1 atom stereocenters. The highest BCUT2D eigenvalue weighted by molar-refractivity contribution is 5.72. The number of nitrogens with zero attached hydrogens (tertiary/aromatic N) is 3. The number of pyridine rings is 1. The van der Waals surface area contributed by atoms with Crippen LogP contribution in [-0.4, -0.2) is 38.8 Å². The summed E-state index contributed by atoms with van der Waals surface area (Å²) in [6.45, 7) is 4.54. The summed E-state index contributed by atoms with van der Waals surface area (Å²) in [4.78, 5) is 25.0. The highest BCUT2D eigenvalue weighted by Gasteiger charge is 2.26. The number of carbonyl (C=O) groups excluding carboxylic acids is 1. The van der Waals surface area contributed by atoms with E-state index >= 15 is 0 Å². The number of likely N-dealkylation sites (tertiary alicyclic amines) is 1. The molecule has 1 amide bonds. The fraction of sp³-hybridized carbons (Fsp3) is 0.438. The first-order chi connectivity index (χ1) is 11.1. The Balaban J connectivity index is 1.55. The van der Waals surface area contributed by atoms with Gasteiger partial charge in [0.15, 0.2) is 0 Å². The van der Waals surface area contributed by atoms with Gasteiger partial charge in [0.25, 0.3) is 0 Å². The van der Waals surface area contributed by atoms with Crippen LogP contribution in [0.25, 0.3) is 0 Å². The molecule has 122 valence electrons. The Morgan fingerprint density at radius 3 is 3.04 bits per heavy atom. The molecule has 23 heavy (non-hydrogen) atoms. The number of aromatic nitrogens is 3. The summed E-state index contributed by atoms with van der Waals surface area (Å²) in [5, 5.41) is 2.75. The van der Waals surface area contributed by atoms with Gasteiger partial charge in [-0.1, -0.05) is 0 Å². The Labute approximate surface area is 134 Å². The van der Waals surface area contributed by atoms with E-state index in [1.807, 2.05) is 0 Å². The number of rotatable bonds is 5. The van der Waals surface area contributed by atoms with Crippen molar-refractivity contribution >= 4 is 5.91 Å². The highest BCUT2D eigenvalue weighted by Crippen LogP contribution is 2.26. The lowest BCUT2D eigenvalue weighted by molar-refractivity contribution is -0.119. The molecule has 0 radical (unpaired) electrons. The van der Waals surface area contributed by atoms with Gasteiger partial charge in [-0.3, -0.25) is 14.7 Å². The highest BCUT2D eigenvalue weighted by atomic mass is 19.1. The quantitative estimate of drug-likeness (QED) is 0.878. The number of amides is 1. The summed E-state index contributed by atoms with van der Waals surface area (Å²) in [6, 6.07) is 3.16. The predicted octanol–water partition coefficient (Wildman–Crippen LogP) is 1.57. The maximum absolute atomic E-state index is 12.9. The van der Waals surface area contributed by atoms with Gasteiger partial charge in [0.2, 0.25) is 5.91 Å². The van der Waals surface area contributed by atoms with Gasteiger partial charge in [0.05, 0.1) is 30.3 Å². The Morgan fingerprint density at radius 2 is 2.30 bits per heavy atom. The van der Waals surface area contributed by atoms with Crippen molar-refractivity contribution in [2.75, 3.05) is 13.1 Å². The molecule has 3 heterocycles. The molecule has 1 fully saturated rings. The standard InChI is InChI=1S/C16H20FN5O/c1-11(23)18-7-15-8-20-16(21-15)12-4-5-22(9-12)10-14-3-2-13(17)6-19-14/h2-3,6,8,12H,4-5,7,9-10H2,1H3,(H,18,23)(H,20,21). The third kappa shape index (κ3) is 4.13. The lowest BCUT2D eigenvalue weighted by Crippen LogP contribution is -2.20. The molecule has 0 aliphatic carbocycles. The fourth-order valence-corrected chi connectivity index (χ4v) is 2.82. The van der Waals surface area contributed by atoms with Crippen LogP contribution >= 0.6 is 0 Å². The summed E-state index contributed by atoms with van der Waals surface area (Å²) in [5.74, 6) is 0.941. The molecule has 2 aromatic heterocycles. The van der Waals surface area contributed by atoms with Crippen LogP contribution < -0.4 is 5.32 Å². The van der Waals surface area contributed by atoms with E-state index in [-0.39, 0.29) is 11.7 Å². The third-order valence-electron chi connectivity index (χ3n) is 4.01. The summed E-state index contributed by atoms with van der Waals surface area (Å²) in [6.07, 6.45) is 4.05. The maximum Gasteiger partial charge on any atom is 0.217 e. The first kappa shape index (κ1) is 15.6. The summed E-state index contributed by atoms with van der Waals surface area (Å²) >= 11 is 0. The maximum atomic E-state index is 12.9. The molecule has 7 heteroatoms. The molecule has 0 saturated carbocycles. The number of halogens is 1. The lowest BCUT2D eigenvalue weighted by atomic mass is 10.1. The Kier molecular flexibility index (Phi) is 4.66. The molecule has 1 unspecified atom stereocenters. The fourth-order valence-electron chi connectivity index (χ4n) is 2.82. The number of hydrogen-bond donors (Lipinski definition) is 2. The van der Waals surface area contributed by atoms with Gasteiger partial charge in [0.1, 0.15) is 11.6 Å². The van der Waals surface area contributed by atoms with E-state index < -0.39 is 0 Å². The normalized spacial score (nSPS) is 18.3. The number of carbonyl (C=O) groups is 1. The minimum absolute atomic E-state index is 0.0556. The summed E-state index contributed by atoms with van der Waals surface area (Å²) in [5.41, 5.74) is 1.78. The minimum atomic E-state index is -0.310. The average Bonchev–Trinajstić information content (AvgIpc) is 3.16. The van der Waals surface area contributed by atoms with Crippen molar-refractivity contribution in [1.29, 1.82) is 0 Å². The van der Waals surface area contributed by atoms with Crippen LogP contribution in [0.15, 0.2) is 24.5 Å². The van der Waals surface area contributed by atoms with Crippen LogP contribution in [0.2, 0.25) is 0 Å². The smallest absolute Gasteiger partial charge is 0.217 e. The molecule has 0 bridgehead atoms. The van der Waals surface area contributed by atoms with Crippen molar-refractivity contribution in [3.8, 4) is 0 Å². The van der Waals surface area contributed by atoms with Crippen LogP contribution in [0.1, 0.15) is 36.5 Å². The zero-order valence-corrected chi connectivity index (χ0v) is 13.1. The number of imidazole rings is 1. The van der Waals surface area contributed by atoms with Crippen molar-refractivity contribution in [1.82, 2.24) is 25.2 Å². The Bertz CT molecular complexity index is 669. The molecular weight excluding hydrogens is 297 g/mol. The van der Waals surface area contributed by atoms with Gasteiger partial charge < -0.3 is 10.3 Å². The molecule has 1 saturated heterocycles. The van der Waals surface area contributed by atoms with Gasteiger partial charge >= 0.3 is 0 Å².